The maximum Gasteiger partial charge on any atom is 0.240 e. The van der Waals surface area contributed by atoms with E-state index in [1.807, 2.05) is 0 Å². The van der Waals surface area contributed by atoms with Crippen LogP contribution in [0.5, 0.6) is 0 Å². The van der Waals surface area contributed by atoms with Crippen LogP contribution in [0.15, 0.2) is 12.3 Å². The molecule has 52 valence electrons. The van der Waals surface area contributed by atoms with Crippen molar-refractivity contribution in [1.82, 2.24) is 5.32 Å². The minimum atomic E-state index is -0.912. The number of hydrogen-bond acceptors (Lipinski definition) is 3. The Bertz CT molecular complexity index is 220. The van der Waals surface area contributed by atoms with Gasteiger partial charge in [-0.1, -0.05) is 0 Å². The third-order valence-corrected chi connectivity index (χ3v) is 1.23. The average Bonchev–Trinajstić information content (AvgIpc) is 1.88. The second-order valence-corrected chi connectivity index (χ2v) is 1.89. The van der Waals surface area contributed by atoms with E-state index in [1.54, 1.807) is 0 Å². The van der Waals surface area contributed by atoms with E-state index in [0.717, 1.165) is 6.21 Å². The number of rotatable bonds is 1. The maximum absolute atomic E-state index is 10.7. The molecule has 0 saturated heterocycles. The molecule has 1 heterocycles. The molecule has 4 nitrogen and oxygen atoms in total. The van der Waals surface area contributed by atoms with Crippen LogP contribution in [0.1, 0.15) is 0 Å². The van der Waals surface area contributed by atoms with Crippen molar-refractivity contribution in [3.63, 3.8) is 0 Å². The first-order chi connectivity index (χ1) is 4.75. The maximum atomic E-state index is 10.7. The summed E-state index contributed by atoms with van der Waals surface area (Å²) < 4.78 is 0. The Morgan fingerprint density at radius 2 is 2.30 bits per heavy atom. The topological polar surface area (TPSA) is 70.0 Å². The number of nitrogens with one attached hydrogen (secondary N) is 2. The predicted octanol–water partition coefficient (Wildman–Crippen LogP) is -0.535. The van der Waals surface area contributed by atoms with Gasteiger partial charge in [0, 0.05) is 12.4 Å². The Labute approximate surface area is 57.4 Å². The zero-order chi connectivity index (χ0) is 7.56. The van der Waals surface area contributed by atoms with Gasteiger partial charge in [0.15, 0.2) is 5.78 Å². The Balaban J connectivity index is 2.87. The van der Waals surface area contributed by atoms with Crippen LogP contribution in [0, 0.1) is 11.3 Å². The van der Waals surface area contributed by atoms with E-state index in [-0.39, 0.29) is 5.78 Å². The van der Waals surface area contributed by atoms with Crippen molar-refractivity contribution in [3.8, 4) is 0 Å². The van der Waals surface area contributed by atoms with Crippen molar-refractivity contribution in [3.05, 3.63) is 12.3 Å². The molecule has 4 heteroatoms. The predicted molar refractivity (Wildman–Crippen MR) is 34.6 cm³/mol. The van der Waals surface area contributed by atoms with Gasteiger partial charge in [-0.3, -0.25) is 9.59 Å². The SMILES string of the molecule is N=CC1C(=O)C=CNC1=O. The van der Waals surface area contributed by atoms with Crippen molar-refractivity contribution in [2.75, 3.05) is 0 Å². The number of hydrogen-bond donors (Lipinski definition) is 2. The zero-order valence-electron chi connectivity index (χ0n) is 5.13. The number of carbonyl (C=O) groups excluding carboxylic acids is 2. The second-order valence-electron chi connectivity index (χ2n) is 1.89. The minimum absolute atomic E-state index is 0.334. The molecule has 1 atom stereocenters. The summed E-state index contributed by atoms with van der Waals surface area (Å²) in [6.07, 6.45) is 3.36. The lowest BCUT2D eigenvalue weighted by molar-refractivity contribution is -0.129. The number of ketones is 1. The van der Waals surface area contributed by atoms with Crippen LogP contribution in [0.2, 0.25) is 0 Å². The molecule has 0 fully saturated rings. The molecule has 0 aromatic heterocycles. The molecular weight excluding hydrogens is 132 g/mol. The number of carbonyl (C=O) groups is 2. The van der Waals surface area contributed by atoms with Crippen molar-refractivity contribution in [2.24, 2.45) is 5.92 Å². The third kappa shape index (κ3) is 0.953. The summed E-state index contributed by atoms with van der Waals surface area (Å²) in [4.78, 5) is 21.4. The molecule has 1 aliphatic rings. The molecule has 1 amide bonds. The molecular formula is C6H6N2O2. The molecule has 1 unspecified atom stereocenters. The lowest BCUT2D eigenvalue weighted by atomic mass is 10.0. The largest absolute Gasteiger partial charge is 0.332 e. The van der Waals surface area contributed by atoms with Gasteiger partial charge in [-0.05, 0) is 6.08 Å². The summed E-state index contributed by atoms with van der Waals surface area (Å²) >= 11 is 0. The van der Waals surface area contributed by atoms with E-state index in [0.29, 0.717) is 0 Å². The lowest BCUT2D eigenvalue weighted by Gasteiger charge is -2.10. The Morgan fingerprint density at radius 3 is 2.70 bits per heavy atom. The van der Waals surface area contributed by atoms with E-state index in [2.05, 4.69) is 5.32 Å². The number of amides is 1. The highest BCUT2D eigenvalue weighted by atomic mass is 16.2. The molecule has 0 radical (unpaired) electrons. The first kappa shape index (κ1) is 6.67. The van der Waals surface area contributed by atoms with Gasteiger partial charge in [-0.25, -0.2) is 0 Å². The molecule has 0 saturated carbocycles. The number of allylic oxidation sites excluding steroid dienone is 1. The summed E-state index contributed by atoms with van der Waals surface area (Å²) in [5.74, 6) is -1.67. The van der Waals surface area contributed by atoms with Gasteiger partial charge in [0.1, 0.15) is 5.92 Å². The molecule has 10 heavy (non-hydrogen) atoms. The van der Waals surface area contributed by atoms with Crippen LogP contribution >= 0.6 is 0 Å². The Kier molecular flexibility index (Phi) is 1.62. The van der Waals surface area contributed by atoms with Gasteiger partial charge in [0.05, 0.1) is 0 Å². The molecule has 0 aromatic rings. The summed E-state index contributed by atoms with van der Waals surface area (Å²) in [6, 6.07) is 0. The van der Waals surface area contributed by atoms with Crippen LogP contribution in [0.3, 0.4) is 0 Å². The van der Waals surface area contributed by atoms with E-state index in [9.17, 15) is 9.59 Å². The van der Waals surface area contributed by atoms with Gasteiger partial charge >= 0.3 is 0 Å². The van der Waals surface area contributed by atoms with Crippen LogP contribution in [0.25, 0.3) is 0 Å². The van der Waals surface area contributed by atoms with Crippen LogP contribution < -0.4 is 5.32 Å². The fourth-order valence-electron chi connectivity index (χ4n) is 0.686. The van der Waals surface area contributed by atoms with Crippen molar-refractivity contribution in [2.45, 2.75) is 0 Å². The van der Waals surface area contributed by atoms with Crippen LogP contribution in [-0.2, 0) is 9.59 Å². The first-order valence-electron chi connectivity index (χ1n) is 2.77. The first-order valence-corrected chi connectivity index (χ1v) is 2.77. The fraction of sp³-hybridized carbons (Fsp3) is 0.167. The summed E-state index contributed by atoms with van der Waals surface area (Å²) in [7, 11) is 0. The average molecular weight is 138 g/mol. The molecule has 1 aliphatic heterocycles. The van der Waals surface area contributed by atoms with Crippen molar-refractivity contribution in [1.29, 1.82) is 5.41 Å². The van der Waals surface area contributed by atoms with Gasteiger partial charge < -0.3 is 10.7 Å². The van der Waals surface area contributed by atoms with E-state index >= 15 is 0 Å². The van der Waals surface area contributed by atoms with E-state index < -0.39 is 11.8 Å². The second kappa shape index (κ2) is 2.43. The van der Waals surface area contributed by atoms with Crippen molar-refractivity contribution < 1.29 is 9.59 Å². The molecule has 2 N–H and O–H groups in total. The Morgan fingerprint density at radius 1 is 1.60 bits per heavy atom. The summed E-state index contributed by atoms with van der Waals surface area (Å²) in [6.45, 7) is 0. The fourth-order valence-corrected chi connectivity index (χ4v) is 0.686. The van der Waals surface area contributed by atoms with E-state index in [4.69, 9.17) is 5.41 Å². The highest BCUT2D eigenvalue weighted by Crippen LogP contribution is 2.00. The molecule has 0 bridgehead atoms. The monoisotopic (exact) mass is 138 g/mol. The van der Waals surface area contributed by atoms with Crippen LogP contribution in [-0.4, -0.2) is 17.9 Å². The summed E-state index contributed by atoms with van der Waals surface area (Å²) in [5, 5.41) is 9.04. The molecule has 0 spiro atoms. The van der Waals surface area contributed by atoms with Gasteiger partial charge in [0.25, 0.3) is 0 Å². The standard InChI is InChI=1S/C6H6N2O2/c7-3-4-5(9)1-2-8-6(4)10/h1-4,7H,(H,8,10). The smallest absolute Gasteiger partial charge is 0.240 e. The third-order valence-electron chi connectivity index (χ3n) is 1.23. The Hall–Kier alpha value is -1.45. The van der Waals surface area contributed by atoms with Gasteiger partial charge in [-0.15, -0.1) is 0 Å². The zero-order valence-corrected chi connectivity index (χ0v) is 5.13. The van der Waals surface area contributed by atoms with Gasteiger partial charge in [0.2, 0.25) is 5.91 Å². The highest BCUT2D eigenvalue weighted by molar-refractivity contribution is 6.18. The normalized spacial score (nSPS) is 24.2. The van der Waals surface area contributed by atoms with Gasteiger partial charge in [-0.2, -0.15) is 0 Å². The summed E-state index contributed by atoms with van der Waals surface area (Å²) in [5.41, 5.74) is 0. The molecule has 1 rings (SSSR count). The van der Waals surface area contributed by atoms with Crippen molar-refractivity contribution >= 4 is 17.9 Å². The van der Waals surface area contributed by atoms with Crippen LogP contribution in [0.4, 0.5) is 0 Å². The molecule has 0 aromatic carbocycles. The minimum Gasteiger partial charge on any atom is -0.332 e. The molecule has 0 aliphatic carbocycles. The lowest BCUT2D eigenvalue weighted by Crippen LogP contribution is -2.36. The van der Waals surface area contributed by atoms with E-state index in [1.165, 1.54) is 12.3 Å². The quantitative estimate of drug-likeness (QED) is 0.377. The highest BCUT2D eigenvalue weighted by Gasteiger charge is 2.24.